The molecule has 25 heavy (non-hydrogen) atoms. The third-order valence-corrected chi connectivity index (χ3v) is 6.20. The summed E-state index contributed by atoms with van der Waals surface area (Å²) >= 11 is 1.64. The molecule has 132 valence electrons. The van der Waals surface area contributed by atoms with Crippen molar-refractivity contribution in [1.29, 1.82) is 0 Å². The van der Waals surface area contributed by atoms with Gasteiger partial charge in [-0.1, -0.05) is 11.6 Å². The van der Waals surface area contributed by atoms with Crippen LogP contribution in [0.5, 0.6) is 0 Å². The first-order valence-corrected chi connectivity index (χ1v) is 9.94. The van der Waals surface area contributed by atoms with Crippen molar-refractivity contribution in [3.05, 3.63) is 40.6 Å². The second-order valence-corrected chi connectivity index (χ2v) is 8.18. The summed E-state index contributed by atoms with van der Waals surface area (Å²) in [6, 6.07) is 9.29. The van der Waals surface area contributed by atoms with Crippen LogP contribution in [0.2, 0.25) is 0 Å². The molecule has 2 bridgehead atoms. The molecule has 2 N–H and O–H groups in total. The summed E-state index contributed by atoms with van der Waals surface area (Å²) in [7, 11) is 0. The van der Waals surface area contributed by atoms with Gasteiger partial charge in [-0.2, -0.15) is 11.3 Å². The van der Waals surface area contributed by atoms with E-state index in [1.165, 1.54) is 12.8 Å². The van der Waals surface area contributed by atoms with Crippen LogP contribution in [0.25, 0.3) is 11.1 Å². The third kappa shape index (κ3) is 3.44. The van der Waals surface area contributed by atoms with Gasteiger partial charge in [0.1, 0.15) is 0 Å². The molecule has 1 amide bonds. The van der Waals surface area contributed by atoms with E-state index in [2.05, 4.69) is 29.8 Å². The Kier molecular flexibility index (Phi) is 4.52. The van der Waals surface area contributed by atoms with Gasteiger partial charge in [0.2, 0.25) is 0 Å². The zero-order valence-electron chi connectivity index (χ0n) is 14.4. The highest BCUT2D eigenvalue weighted by atomic mass is 32.1. The number of thiophene rings is 1. The highest BCUT2D eigenvalue weighted by Crippen LogP contribution is 2.36. The standard InChI is InChI=1S/C20H24N2O2S/c1-13-2-5-19(18(8-13)15-6-7-25-12-15)22(20(23)24)11-14-9-16-3-4-17(10-14)21-16/h2,5-8,12,14,16-17,21H,3-4,9-11H2,1H3,(H,23,24)/t14?,16-,17+. The smallest absolute Gasteiger partial charge is 0.411 e. The van der Waals surface area contributed by atoms with E-state index in [0.717, 1.165) is 35.2 Å². The summed E-state index contributed by atoms with van der Waals surface area (Å²) in [5.74, 6) is 0.437. The summed E-state index contributed by atoms with van der Waals surface area (Å²) in [4.78, 5) is 13.6. The highest BCUT2D eigenvalue weighted by molar-refractivity contribution is 7.08. The molecule has 1 aromatic heterocycles. The molecule has 0 radical (unpaired) electrons. The van der Waals surface area contributed by atoms with Gasteiger partial charge in [0, 0.05) is 24.2 Å². The first-order chi connectivity index (χ1) is 12.1. The maximum atomic E-state index is 12.1. The predicted molar refractivity (Wildman–Crippen MR) is 103 cm³/mol. The fourth-order valence-electron chi connectivity index (χ4n) is 4.40. The average molecular weight is 356 g/mol. The largest absolute Gasteiger partial charge is 0.465 e. The van der Waals surface area contributed by atoms with Crippen molar-refractivity contribution in [2.75, 3.05) is 11.4 Å². The quantitative estimate of drug-likeness (QED) is 0.832. The normalized spacial score (nSPS) is 25.1. The van der Waals surface area contributed by atoms with Gasteiger partial charge >= 0.3 is 6.09 Å². The molecule has 0 saturated carbocycles. The second kappa shape index (κ2) is 6.81. The van der Waals surface area contributed by atoms with Crippen LogP contribution >= 0.6 is 11.3 Å². The number of rotatable bonds is 4. The molecule has 3 heterocycles. The van der Waals surface area contributed by atoms with Gasteiger partial charge in [0.25, 0.3) is 0 Å². The maximum Gasteiger partial charge on any atom is 0.411 e. The third-order valence-electron chi connectivity index (χ3n) is 5.52. The topological polar surface area (TPSA) is 52.6 Å². The SMILES string of the molecule is Cc1ccc(N(CC2C[C@H]3CC[C@@H](C2)N3)C(=O)O)c(-c2ccsc2)c1. The minimum atomic E-state index is -0.855. The minimum Gasteiger partial charge on any atom is -0.465 e. The number of carboxylic acid groups (broad SMARTS) is 1. The molecule has 4 nitrogen and oxygen atoms in total. The van der Waals surface area contributed by atoms with E-state index < -0.39 is 6.09 Å². The Morgan fingerprint density at radius 3 is 2.68 bits per heavy atom. The van der Waals surface area contributed by atoms with E-state index in [0.29, 0.717) is 24.5 Å². The lowest BCUT2D eigenvalue weighted by Gasteiger charge is -2.33. The highest BCUT2D eigenvalue weighted by Gasteiger charge is 2.35. The molecule has 2 aromatic rings. The lowest BCUT2D eigenvalue weighted by molar-refractivity contribution is 0.198. The summed E-state index contributed by atoms with van der Waals surface area (Å²) in [5.41, 5.74) is 4.07. The number of benzene rings is 1. The van der Waals surface area contributed by atoms with Crippen molar-refractivity contribution in [3.8, 4) is 11.1 Å². The number of aryl methyl sites for hydroxylation is 1. The monoisotopic (exact) mass is 356 g/mol. The fourth-order valence-corrected chi connectivity index (χ4v) is 5.05. The van der Waals surface area contributed by atoms with E-state index >= 15 is 0 Å². The van der Waals surface area contributed by atoms with E-state index in [1.807, 2.05) is 17.5 Å². The van der Waals surface area contributed by atoms with Gasteiger partial charge in [-0.25, -0.2) is 4.79 Å². The fraction of sp³-hybridized carbons (Fsp3) is 0.450. The lowest BCUT2D eigenvalue weighted by Crippen LogP contribution is -2.43. The zero-order chi connectivity index (χ0) is 17.4. The Morgan fingerprint density at radius 1 is 1.28 bits per heavy atom. The Hall–Kier alpha value is -1.85. The van der Waals surface area contributed by atoms with Crippen LogP contribution in [-0.2, 0) is 0 Å². The molecule has 5 heteroatoms. The number of anilines is 1. The number of fused-ring (bicyclic) bond motifs is 2. The van der Waals surface area contributed by atoms with Gasteiger partial charge < -0.3 is 10.4 Å². The summed E-state index contributed by atoms with van der Waals surface area (Å²) in [6.07, 6.45) is 3.78. The Balaban J connectivity index is 1.64. The van der Waals surface area contributed by atoms with Crippen molar-refractivity contribution in [2.45, 2.75) is 44.7 Å². The number of nitrogens with zero attached hydrogens (tertiary/aromatic N) is 1. The number of hydrogen-bond acceptors (Lipinski definition) is 3. The Labute approximate surface area is 152 Å². The van der Waals surface area contributed by atoms with Crippen molar-refractivity contribution < 1.29 is 9.90 Å². The molecule has 4 rings (SSSR count). The predicted octanol–water partition coefficient (Wildman–Crippen LogP) is 4.74. The van der Waals surface area contributed by atoms with Crippen molar-refractivity contribution in [2.24, 2.45) is 5.92 Å². The van der Waals surface area contributed by atoms with Gasteiger partial charge in [0.15, 0.2) is 0 Å². The zero-order valence-corrected chi connectivity index (χ0v) is 15.3. The van der Waals surface area contributed by atoms with Gasteiger partial charge in [0.05, 0.1) is 5.69 Å². The number of hydrogen-bond donors (Lipinski definition) is 2. The summed E-state index contributed by atoms with van der Waals surface area (Å²) < 4.78 is 0. The Morgan fingerprint density at radius 2 is 2.04 bits per heavy atom. The van der Waals surface area contributed by atoms with Crippen molar-refractivity contribution in [1.82, 2.24) is 5.32 Å². The lowest BCUT2D eigenvalue weighted by atomic mass is 9.91. The first kappa shape index (κ1) is 16.6. The van der Waals surface area contributed by atoms with Gasteiger partial charge in [-0.05, 0) is 73.0 Å². The van der Waals surface area contributed by atoms with Crippen LogP contribution in [0, 0.1) is 12.8 Å². The van der Waals surface area contributed by atoms with Crippen LogP contribution in [0.4, 0.5) is 10.5 Å². The number of carbonyl (C=O) groups is 1. The van der Waals surface area contributed by atoms with Crippen LogP contribution in [-0.4, -0.2) is 29.8 Å². The van der Waals surface area contributed by atoms with Crippen LogP contribution in [0.3, 0.4) is 0 Å². The van der Waals surface area contributed by atoms with Crippen LogP contribution in [0.1, 0.15) is 31.2 Å². The summed E-state index contributed by atoms with van der Waals surface area (Å²) in [6.45, 7) is 2.64. The van der Waals surface area contributed by atoms with Crippen molar-refractivity contribution >= 4 is 23.1 Å². The molecular weight excluding hydrogens is 332 g/mol. The van der Waals surface area contributed by atoms with E-state index in [-0.39, 0.29) is 0 Å². The molecule has 1 aromatic carbocycles. The number of nitrogens with one attached hydrogen (secondary N) is 1. The minimum absolute atomic E-state index is 0.437. The molecule has 2 fully saturated rings. The average Bonchev–Trinajstić information content (AvgIpc) is 3.23. The summed E-state index contributed by atoms with van der Waals surface area (Å²) in [5, 5.41) is 17.7. The maximum absolute atomic E-state index is 12.1. The van der Waals surface area contributed by atoms with Gasteiger partial charge in [-0.3, -0.25) is 4.90 Å². The molecule has 2 aliphatic rings. The van der Waals surface area contributed by atoms with Gasteiger partial charge in [-0.15, -0.1) is 0 Å². The molecule has 0 aliphatic carbocycles. The molecule has 2 aliphatic heterocycles. The molecule has 3 atom stereocenters. The first-order valence-electron chi connectivity index (χ1n) is 9.00. The molecule has 2 saturated heterocycles. The van der Waals surface area contributed by atoms with Crippen LogP contribution < -0.4 is 10.2 Å². The number of piperidine rings is 1. The molecular formula is C20H24N2O2S. The Bertz CT molecular complexity index is 747. The molecule has 0 spiro atoms. The van der Waals surface area contributed by atoms with E-state index in [4.69, 9.17) is 0 Å². The van der Waals surface area contributed by atoms with Crippen molar-refractivity contribution in [3.63, 3.8) is 0 Å². The van der Waals surface area contributed by atoms with Crippen LogP contribution in [0.15, 0.2) is 35.0 Å². The molecule has 1 unspecified atom stereocenters. The van der Waals surface area contributed by atoms with E-state index in [9.17, 15) is 9.90 Å². The number of amides is 1. The second-order valence-electron chi connectivity index (χ2n) is 7.40. The van der Waals surface area contributed by atoms with E-state index in [1.54, 1.807) is 16.2 Å².